The summed E-state index contributed by atoms with van der Waals surface area (Å²) in [5.74, 6) is 4.75. The van der Waals surface area contributed by atoms with Gasteiger partial charge in [0.25, 0.3) is 0 Å². The molecule has 1 amide bonds. The van der Waals surface area contributed by atoms with Gasteiger partial charge in [0.05, 0.1) is 6.42 Å². The maximum atomic E-state index is 11.0. The van der Waals surface area contributed by atoms with Gasteiger partial charge in [0.2, 0.25) is 5.91 Å². The second-order valence-electron chi connectivity index (χ2n) is 2.84. The van der Waals surface area contributed by atoms with Crippen LogP contribution in [0.5, 0.6) is 0 Å². The molecule has 2 heterocycles. The lowest BCUT2D eigenvalue weighted by Gasteiger charge is -2.00. The molecule has 0 spiro atoms. The van der Waals surface area contributed by atoms with E-state index in [1.807, 2.05) is 6.07 Å². The molecule has 0 unspecified atom stereocenters. The Morgan fingerprint density at radius 2 is 2.43 bits per heavy atom. The van der Waals surface area contributed by atoms with Crippen molar-refractivity contribution in [3.8, 4) is 0 Å². The highest BCUT2D eigenvalue weighted by Gasteiger charge is 2.02. The molecule has 0 fully saturated rings. The van der Waals surface area contributed by atoms with E-state index in [4.69, 9.17) is 5.84 Å². The first-order valence-electron chi connectivity index (χ1n) is 4.07. The summed E-state index contributed by atoms with van der Waals surface area (Å²) in [7, 11) is 0. The summed E-state index contributed by atoms with van der Waals surface area (Å²) in [6, 6.07) is 3.62. The van der Waals surface area contributed by atoms with Crippen molar-refractivity contribution in [2.45, 2.75) is 6.42 Å². The molecule has 3 N–H and O–H groups in total. The van der Waals surface area contributed by atoms with Gasteiger partial charge >= 0.3 is 0 Å². The molecule has 0 bridgehead atoms. The van der Waals surface area contributed by atoms with E-state index in [0.717, 1.165) is 11.2 Å². The van der Waals surface area contributed by atoms with Crippen LogP contribution >= 0.6 is 0 Å². The average Bonchev–Trinajstić information content (AvgIpc) is 2.64. The van der Waals surface area contributed by atoms with Gasteiger partial charge in [-0.05, 0) is 11.6 Å². The number of aromatic nitrogens is 3. The topological polar surface area (TPSA) is 85.3 Å². The SMILES string of the molecule is NNC(=O)Cc1ccc2ncnn2c1. The Morgan fingerprint density at radius 1 is 1.57 bits per heavy atom. The van der Waals surface area contributed by atoms with Gasteiger partial charge in [0.1, 0.15) is 6.33 Å². The molecular weight excluding hydrogens is 182 g/mol. The van der Waals surface area contributed by atoms with Gasteiger partial charge in [0, 0.05) is 6.20 Å². The van der Waals surface area contributed by atoms with Gasteiger partial charge in [-0.15, -0.1) is 0 Å². The van der Waals surface area contributed by atoms with Crippen molar-refractivity contribution in [2.24, 2.45) is 5.84 Å². The monoisotopic (exact) mass is 191 g/mol. The average molecular weight is 191 g/mol. The zero-order valence-electron chi connectivity index (χ0n) is 7.34. The van der Waals surface area contributed by atoms with E-state index in [9.17, 15) is 4.79 Å². The van der Waals surface area contributed by atoms with Crippen LogP contribution in [-0.2, 0) is 11.2 Å². The van der Waals surface area contributed by atoms with Crippen molar-refractivity contribution < 1.29 is 4.79 Å². The van der Waals surface area contributed by atoms with Crippen LogP contribution in [0.4, 0.5) is 0 Å². The Labute approximate surface area is 79.7 Å². The number of amides is 1. The molecule has 0 radical (unpaired) electrons. The van der Waals surface area contributed by atoms with Gasteiger partial charge in [-0.25, -0.2) is 15.3 Å². The van der Waals surface area contributed by atoms with E-state index in [2.05, 4.69) is 15.5 Å². The number of carbonyl (C=O) groups is 1. The van der Waals surface area contributed by atoms with Gasteiger partial charge in [-0.1, -0.05) is 6.07 Å². The second kappa shape index (κ2) is 3.43. The Kier molecular flexibility index (Phi) is 2.11. The largest absolute Gasteiger partial charge is 0.294 e. The number of hydrogen-bond donors (Lipinski definition) is 2. The zero-order valence-corrected chi connectivity index (χ0v) is 7.34. The zero-order chi connectivity index (χ0) is 9.97. The Hall–Kier alpha value is -1.95. The molecule has 14 heavy (non-hydrogen) atoms. The quantitative estimate of drug-likeness (QED) is 0.372. The van der Waals surface area contributed by atoms with E-state index in [1.54, 1.807) is 16.8 Å². The van der Waals surface area contributed by atoms with E-state index in [1.165, 1.54) is 6.33 Å². The van der Waals surface area contributed by atoms with Crippen molar-refractivity contribution in [2.75, 3.05) is 0 Å². The molecule has 0 aliphatic carbocycles. The number of fused-ring (bicyclic) bond motifs is 1. The van der Waals surface area contributed by atoms with Crippen LogP contribution in [0.3, 0.4) is 0 Å². The van der Waals surface area contributed by atoms with Crippen LogP contribution < -0.4 is 11.3 Å². The minimum absolute atomic E-state index is 0.232. The predicted octanol–water partition coefficient (Wildman–Crippen LogP) is -0.738. The van der Waals surface area contributed by atoms with E-state index < -0.39 is 0 Å². The molecule has 2 aromatic rings. The maximum Gasteiger partial charge on any atom is 0.238 e. The molecule has 0 aliphatic rings. The summed E-state index contributed by atoms with van der Waals surface area (Å²) in [6.45, 7) is 0. The molecule has 6 heteroatoms. The normalized spacial score (nSPS) is 10.4. The summed E-state index contributed by atoms with van der Waals surface area (Å²) < 4.78 is 1.61. The molecule has 2 aromatic heterocycles. The Bertz CT molecular complexity index is 463. The first kappa shape index (κ1) is 8.64. The van der Waals surface area contributed by atoms with Crippen molar-refractivity contribution in [1.29, 1.82) is 0 Å². The van der Waals surface area contributed by atoms with Crippen LogP contribution in [-0.4, -0.2) is 20.5 Å². The minimum atomic E-state index is -0.232. The number of hydrazine groups is 1. The van der Waals surface area contributed by atoms with Crippen molar-refractivity contribution in [1.82, 2.24) is 20.0 Å². The highest BCUT2D eigenvalue weighted by molar-refractivity contribution is 5.77. The number of hydrogen-bond acceptors (Lipinski definition) is 4. The predicted molar refractivity (Wildman–Crippen MR) is 49.0 cm³/mol. The molecular formula is C8H9N5O. The minimum Gasteiger partial charge on any atom is -0.294 e. The van der Waals surface area contributed by atoms with E-state index in [0.29, 0.717) is 0 Å². The Balaban J connectivity index is 2.30. The highest BCUT2D eigenvalue weighted by atomic mass is 16.2. The van der Waals surface area contributed by atoms with Gasteiger partial charge in [0.15, 0.2) is 5.65 Å². The number of nitrogens with zero attached hydrogens (tertiary/aromatic N) is 3. The summed E-state index contributed by atoms with van der Waals surface area (Å²) in [5, 5.41) is 3.96. The van der Waals surface area contributed by atoms with E-state index >= 15 is 0 Å². The lowest BCUT2D eigenvalue weighted by Crippen LogP contribution is -2.31. The number of nitrogens with one attached hydrogen (secondary N) is 1. The molecule has 0 saturated heterocycles. The number of pyridine rings is 1. The third-order valence-electron chi connectivity index (χ3n) is 1.86. The summed E-state index contributed by atoms with van der Waals surface area (Å²) >= 11 is 0. The fraction of sp³-hybridized carbons (Fsp3) is 0.125. The summed E-state index contributed by atoms with van der Waals surface area (Å²) in [4.78, 5) is 15.0. The molecule has 2 rings (SSSR count). The third kappa shape index (κ3) is 1.55. The molecule has 0 aliphatic heterocycles. The third-order valence-corrected chi connectivity index (χ3v) is 1.86. The molecule has 72 valence electrons. The summed E-state index contributed by atoms with van der Waals surface area (Å²) in [5.41, 5.74) is 3.66. The van der Waals surface area contributed by atoms with Crippen LogP contribution in [0.25, 0.3) is 5.65 Å². The fourth-order valence-corrected chi connectivity index (χ4v) is 1.20. The van der Waals surface area contributed by atoms with Gasteiger partial charge < -0.3 is 0 Å². The standard InChI is InChI=1S/C8H9N5O/c9-12-8(14)3-6-1-2-7-10-5-11-13(7)4-6/h1-2,4-5H,3,9H2,(H,12,14). The Morgan fingerprint density at radius 3 is 3.21 bits per heavy atom. The van der Waals surface area contributed by atoms with Crippen molar-refractivity contribution in [3.63, 3.8) is 0 Å². The van der Waals surface area contributed by atoms with Crippen molar-refractivity contribution >= 4 is 11.6 Å². The smallest absolute Gasteiger partial charge is 0.238 e. The van der Waals surface area contributed by atoms with Crippen LogP contribution in [0.15, 0.2) is 24.7 Å². The maximum absolute atomic E-state index is 11.0. The molecule has 0 saturated carbocycles. The molecule has 0 aromatic carbocycles. The molecule has 6 nitrogen and oxygen atoms in total. The van der Waals surface area contributed by atoms with Gasteiger partial charge in [-0.2, -0.15) is 5.10 Å². The number of nitrogens with two attached hydrogens (primary N) is 1. The highest BCUT2D eigenvalue weighted by Crippen LogP contribution is 2.03. The van der Waals surface area contributed by atoms with Gasteiger partial charge in [-0.3, -0.25) is 10.2 Å². The van der Waals surface area contributed by atoms with Crippen LogP contribution in [0, 0.1) is 0 Å². The van der Waals surface area contributed by atoms with Crippen LogP contribution in [0.2, 0.25) is 0 Å². The molecule has 0 atom stereocenters. The number of rotatable bonds is 2. The van der Waals surface area contributed by atoms with Crippen molar-refractivity contribution in [3.05, 3.63) is 30.2 Å². The summed E-state index contributed by atoms with van der Waals surface area (Å²) in [6.07, 6.45) is 3.45. The second-order valence-corrected chi connectivity index (χ2v) is 2.84. The first-order chi connectivity index (χ1) is 6.79. The van der Waals surface area contributed by atoms with Crippen LogP contribution in [0.1, 0.15) is 5.56 Å². The number of carbonyl (C=O) groups excluding carboxylic acids is 1. The fourth-order valence-electron chi connectivity index (χ4n) is 1.20. The lowest BCUT2D eigenvalue weighted by molar-refractivity contribution is -0.120. The van der Waals surface area contributed by atoms with E-state index in [-0.39, 0.29) is 12.3 Å². The first-order valence-corrected chi connectivity index (χ1v) is 4.07. The lowest BCUT2D eigenvalue weighted by atomic mass is 10.2.